The number of carbonyl (C=O) groups excluding carboxylic acids is 2. The van der Waals surface area contributed by atoms with Gasteiger partial charge in [0.2, 0.25) is 17.7 Å². The average Bonchev–Trinajstić information content (AvgIpc) is 3.64. The lowest BCUT2D eigenvalue weighted by atomic mass is 9.53. The van der Waals surface area contributed by atoms with Crippen LogP contribution in [-0.2, 0) is 15.0 Å². The van der Waals surface area contributed by atoms with Crippen LogP contribution in [0.25, 0.3) is 0 Å². The zero-order chi connectivity index (χ0) is 30.9. The molecule has 10 nitrogen and oxygen atoms in total. The van der Waals surface area contributed by atoms with Crippen molar-refractivity contribution in [2.24, 2.45) is 5.41 Å². The molecule has 0 unspecified atom stereocenters. The Morgan fingerprint density at radius 1 is 1.02 bits per heavy atom. The molecule has 2 amide bonds. The fourth-order valence-electron chi connectivity index (χ4n) is 8.49. The summed E-state index contributed by atoms with van der Waals surface area (Å²) >= 11 is 12.9. The van der Waals surface area contributed by atoms with Crippen molar-refractivity contribution in [3.05, 3.63) is 74.3 Å². The molecule has 0 bridgehead atoms. The second kappa shape index (κ2) is 10.7. The van der Waals surface area contributed by atoms with E-state index in [4.69, 9.17) is 27.6 Å². The lowest BCUT2D eigenvalue weighted by Gasteiger charge is -2.50. The quantitative estimate of drug-likeness (QED) is 0.288. The number of H-pyrrole nitrogens is 1. The fraction of sp³-hybridized carbons (Fsp3) is 0.531. The van der Waals surface area contributed by atoms with Crippen LogP contribution in [0.15, 0.2) is 45.7 Å². The van der Waals surface area contributed by atoms with E-state index in [1.165, 1.54) is 0 Å². The molecule has 3 aromatic rings. The van der Waals surface area contributed by atoms with Crippen LogP contribution in [0.5, 0.6) is 0 Å². The van der Waals surface area contributed by atoms with Gasteiger partial charge in [-0.05, 0) is 92.2 Å². The number of hydrogen-bond acceptors (Lipinski definition) is 7. The highest BCUT2D eigenvalue weighted by molar-refractivity contribution is 6.31. The van der Waals surface area contributed by atoms with Crippen LogP contribution in [0.4, 0.5) is 5.69 Å². The Bertz CT molecular complexity index is 1670. The summed E-state index contributed by atoms with van der Waals surface area (Å²) in [5.41, 5.74) is 0.689. The van der Waals surface area contributed by atoms with Crippen molar-refractivity contribution in [2.45, 2.75) is 100 Å². The zero-order valence-corrected chi connectivity index (χ0v) is 26.2. The van der Waals surface area contributed by atoms with E-state index in [0.29, 0.717) is 21.8 Å². The molecule has 4 aliphatic rings. The van der Waals surface area contributed by atoms with Gasteiger partial charge >= 0.3 is 5.76 Å². The predicted octanol–water partition coefficient (Wildman–Crippen LogP) is 5.19. The van der Waals surface area contributed by atoms with E-state index in [-0.39, 0.29) is 29.2 Å². The summed E-state index contributed by atoms with van der Waals surface area (Å²) in [7, 11) is 0. The number of pyridine rings is 1. The van der Waals surface area contributed by atoms with Gasteiger partial charge in [0.05, 0.1) is 6.04 Å². The molecule has 2 saturated carbocycles. The first kappa shape index (κ1) is 29.5. The van der Waals surface area contributed by atoms with Gasteiger partial charge in [-0.1, -0.05) is 43.1 Å². The van der Waals surface area contributed by atoms with Gasteiger partial charge in [0.25, 0.3) is 0 Å². The zero-order valence-electron chi connectivity index (χ0n) is 24.7. The first-order chi connectivity index (χ1) is 21.0. The Morgan fingerprint density at radius 3 is 2.45 bits per heavy atom. The van der Waals surface area contributed by atoms with Crippen LogP contribution in [0.1, 0.15) is 94.1 Å². The molecule has 7 rings (SSSR count). The highest BCUT2D eigenvalue weighted by Crippen LogP contribution is 2.63. The van der Waals surface area contributed by atoms with E-state index in [9.17, 15) is 14.4 Å². The third-order valence-corrected chi connectivity index (χ3v) is 11.2. The molecule has 3 fully saturated rings. The number of nitrogens with zero attached hydrogens (tertiary/aromatic N) is 2. The van der Waals surface area contributed by atoms with Gasteiger partial charge in [0.15, 0.2) is 0 Å². The normalized spacial score (nSPS) is 30.3. The molecule has 3 atom stereocenters. The highest BCUT2D eigenvalue weighted by Gasteiger charge is 2.72. The first-order valence-electron chi connectivity index (χ1n) is 15.4. The second-order valence-electron chi connectivity index (χ2n) is 13.7. The van der Waals surface area contributed by atoms with Gasteiger partial charge in [-0.2, -0.15) is 0 Å². The molecule has 2 aromatic heterocycles. The van der Waals surface area contributed by atoms with Gasteiger partial charge in [0.1, 0.15) is 10.6 Å². The largest absolute Gasteiger partial charge is 0.434 e. The number of carbonyl (C=O) groups is 2. The number of nitrogens with one attached hydrogen (secondary N) is 4. The summed E-state index contributed by atoms with van der Waals surface area (Å²) in [5.74, 6) is -0.937. The lowest BCUT2D eigenvalue weighted by Crippen LogP contribution is -2.61. The Hall–Kier alpha value is -3.21. The number of aromatic nitrogens is 3. The van der Waals surface area contributed by atoms with E-state index < -0.39 is 28.7 Å². The summed E-state index contributed by atoms with van der Waals surface area (Å²) in [6.07, 6.45) is 7.82. The molecular weight excluding hydrogens is 603 g/mol. The summed E-state index contributed by atoms with van der Waals surface area (Å²) in [4.78, 5) is 44.7. The molecule has 0 radical (unpaired) electrons. The van der Waals surface area contributed by atoms with E-state index in [2.05, 4.69) is 45.0 Å². The number of aromatic amines is 1. The van der Waals surface area contributed by atoms with Crippen LogP contribution in [0.3, 0.4) is 0 Å². The minimum atomic E-state index is -1.08. The minimum absolute atomic E-state index is 0.0288. The predicted molar refractivity (Wildman–Crippen MR) is 166 cm³/mol. The van der Waals surface area contributed by atoms with Gasteiger partial charge in [-0.3, -0.25) is 14.9 Å². The molecular formula is C32H36Cl2N6O4. The number of benzene rings is 1. The van der Waals surface area contributed by atoms with Crippen molar-refractivity contribution in [2.75, 3.05) is 5.32 Å². The highest BCUT2D eigenvalue weighted by atomic mass is 35.5. The second-order valence-corrected chi connectivity index (χ2v) is 14.5. The van der Waals surface area contributed by atoms with Crippen molar-refractivity contribution in [1.29, 1.82) is 0 Å². The minimum Gasteiger partial charge on any atom is -0.392 e. The number of hydrogen-bond donors (Lipinski definition) is 4. The summed E-state index contributed by atoms with van der Waals surface area (Å²) in [6.45, 7) is 4.53. The maximum Gasteiger partial charge on any atom is 0.434 e. The molecule has 232 valence electrons. The SMILES string of the molecule is CC1(C)CCC2(CC1)N[C@@H](C(=O)N[C@H]1CC[C@H](c3n[nH]c(=O)o3)CC1)[C@H](c1ccnc(Cl)c1)[C@]21C(=O)Nc2cc(Cl)ccc21. The monoisotopic (exact) mass is 638 g/mol. The number of anilines is 1. The number of halogens is 2. The molecule has 2 spiro atoms. The van der Waals surface area contributed by atoms with Gasteiger partial charge in [0, 0.05) is 40.3 Å². The smallest absolute Gasteiger partial charge is 0.392 e. The van der Waals surface area contributed by atoms with Gasteiger partial charge in [-0.15, -0.1) is 5.10 Å². The van der Waals surface area contributed by atoms with E-state index in [1.54, 1.807) is 18.3 Å². The average molecular weight is 640 g/mol. The van der Waals surface area contributed by atoms with Crippen LogP contribution in [0, 0.1) is 5.41 Å². The Balaban J connectivity index is 1.28. The van der Waals surface area contributed by atoms with Crippen LogP contribution >= 0.6 is 23.2 Å². The van der Waals surface area contributed by atoms with Crippen molar-refractivity contribution >= 4 is 40.7 Å². The molecule has 2 aliphatic heterocycles. The first-order valence-corrected chi connectivity index (χ1v) is 16.1. The summed E-state index contributed by atoms with van der Waals surface area (Å²) in [6, 6.07) is 8.46. The Morgan fingerprint density at radius 2 is 1.77 bits per heavy atom. The van der Waals surface area contributed by atoms with Crippen molar-refractivity contribution in [3.63, 3.8) is 0 Å². The maximum atomic E-state index is 14.6. The molecule has 2 aliphatic carbocycles. The van der Waals surface area contributed by atoms with Crippen LogP contribution < -0.4 is 21.7 Å². The molecule has 1 aromatic carbocycles. The van der Waals surface area contributed by atoms with Crippen LogP contribution in [-0.4, -0.2) is 44.6 Å². The molecule has 12 heteroatoms. The third-order valence-electron chi connectivity index (χ3n) is 10.7. The number of amides is 2. The van der Waals surface area contributed by atoms with Crippen molar-refractivity contribution in [1.82, 2.24) is 25.8 Å². The van der Waals surface area contributed by atoms with Crippen molar-refractivity contribution < 1.29 is 14.0 Å². The number of rotatable bonds is 4. The number of fused-ring (bicyclic) bond motifs is 3. The van der Waals surface area contributed by atoms with E-state index >= 15 is 0 Å². The maximum absolute atomic E-state index is 14.6. The van der Waals surface area contributed by atoms with Gasteiger partial charge in [-0.25, -0.2) is 14.9 Å². The summed E-state index contributed by atoms with van der Waals surface area (Å²) in [5, 5.41) is 17.5. The molecule has 4 heterocycles. The fourth-order valence-corrected chi connectivity index (χ4v) is 8.84. The van der Waals surface area contributed by atoms with Crippen molar-refractivity contribution in [3.8, 4) is 0 Å². The van der Waals surface area contributed by atoms with E-state index in [1.807, 2.05) is 18.2 Å². The lowest BCUT2D eigenvalue weighted by molar-refractivity contribution is -0.125. The molecule has 4 N–H and O–H groups in total. The Labute approximate surface area is 265 Å². The topological polar surface area (TPSA) is 142 Å². The van der Waals surface area contributed by atoms with Gasteiger partial charge < -0.3 is 15.1 Å². The molecule has 44 heavy (non-hydrogen) atoms. The standard InChI is InChI=1S/C32H36Cl2N6O4/c1-30(2)10-12-31(13-11-30)32(21-8-5-19(33)16-22(21)37-28(32)42)24(18-9-14-35-23(34)15-18)25(38-31)26(41)36-20-6-3-17(4-7-20)27-39-40-29(43)44-27/h5,8-9,14-17,20,24-25,38H,3-4,6-7,10-13H2,1-2H3,(H,36,41)(H,37,42)(H,40,43)/t17-,20-,24-,25+,32+/m0/s1. The van der Waals surface area contributed by atoms with E-state index in [0.717, 1.165) is 62.5 Å². The third kappa shape index (κ3) is 4.68. The Kier molecular flexibility index (Phi) is 7.18. The summed E-state index contributed by atoms with van der Waals surface area (Å²) < 4.78 is 5.19. The van der Waals surface area contributed by atoms with Crippen LogP contribution in [0.2, 0.25) is 10.2 Å². The molecule has 1 saturated heterocycles.